The lowest BCUT2D eigenvalue weighted by atomic mass is 10.0. The van der Waals surface area contributed by atoms with Gasteiger partial charge in [0.1, 0.15) is 18.5 Å². The molecule has 1 aromatic carbocycles. The molecule has 2 fully saturated rings. The number of aliphatic hydroxyl groups is 1. The first-order valence-electron chi connectivity index (χ1n) is 9.88. The van der Waals surface area contributed by atoms with E-state index in [4.69, 9.17) is 4.74 Å². The fourth-order valence-corrected chi connectivity index (χ4v) is 4.28. The van der Waals surface area contributed by atoms with Gasteiger partial charge in [-0.2, -0.15) is 0 Å². The zero-order valence-electron chi connectivity index (χ0n) is 16.1. The van der Waals surface area contributed by atoms with Gasteiger partial charge in [0.05, 0.1) is 0 Å². The Hall–Kier alpha value is -1.10. The molecule has 4 heteroatoms. The van der Waals surface area contributed by atoms with Crippen LogP contribution in [0.5, 0.6) is 5.75 Å². The van der Waals surface area contributed by atoms with Crippen LogP contribution >= 0.6 is 0 Å². The molecule has 0 aliphatic carbocycles. The second-order valence-corrected chi connectivity index (χ2v) is 7.92. The molecule has 1 N–H and O–H groups in total. The van der Waals surface area contributed by atoms with Crippen LogP contribution < -0.4 is 4.74 Å². The van der Waals surface area contributed by atoms with Gasteiger partial charge in [0.2, 0.25) is 0 Å². The number of nitrogens with zero attached hydrogens (tertiary/aromatic N) is 2. The molecule has 0 bridgehead atoms. The summed E-state index contributed by atoms with van der Waals surface area (Å²) in [6, 6.07) is 4.90. The number of benzene rings is 1. The first-order chi connectivity index (χ1) is 12.0. The second kappa shape index (κ2) is 8.52. The largest absolute Gasteiger partial charge is 0.490 e. The zero-order chi connectivity index (χ0) is 17.8. The van der Waals surface area contributed by atoms with Crippen molar-refractivity contribution >= 4 is 0 Å². The molecule has 0 radical (unpaired) electrons. The number of rotatable bonds is 6. The quantitative estimate of drug-likeness (QED) is 0.859. The van der Waals surface area contributed by atoms with E-state index in [1.165, 1.54) is 49.9 Å². The molecule has 2 saturated heterocycles. The number of ether oxygens (including phenoxy) is 1. The average Bonchev–Trinajstić information content (AvgIpc) is 3.13. The number of aliphatic hydroxyl groups excluding tert-OH is 1. The van der Waals surface area contributed by atoms with E-state index in [0.717, 1.165) is 24.4 Å². The zero-order valence-corrected chi connectivity index (χ0v) is 16.1. The van der Waals surface area contributed by atoms with Crippen molar-refractivity contribution in [3.8, 4) is 5.75 Å². The summed E-state index contributed by atoms with van der Waals surface area (Å²) in [4.78, 5) is 5.07. The summed E-state index contributed by atoms with van der Waals surface area (Å²) in [5.74, 6) is 0.938. The van der Waals surface area contributed by atoms with Crippen LogP contribution in [0.3, 0.4) is 0 Å². The number of piperidine rings is 1. The lowest BCUT2D eigenvalue weighted by Gasteiger charge is -2.38. The fourth-order valence-electron chi connectivity index (χ4n) is 4.28. The van der Waals surface area contributed by atoms with Crippen molar-refractivity contribution in [3.63, 3.8) is 0 Å². The Balaban J connectivity index is 1.49. The Labute approximate surface area is 152 Å². The van der Waals surface area contributed by atoms with Gasteiger partial charge < -0.3 is 9.84 Å². The number of hydrogen-bond donors (Lipinski definition) is 1. The standard InChI is InChI=1S/C21H34N2O2/c1-16-8-9-17(2)21(18(16)3)25-15-20(24)14-22-10-6-7-19(13-22)23-11-4-5-12-23/h8-9,19-20,24H,4-7,10-15H2,1-3H3. The van der Waals surface area contributed by atoms with E-state index in [0.29, 0.717) is 19.2 Å². The molecule has 1 aromatic rings. The van der Waals surface area contributed by atoms with Gasteiger partial charge >= 0.3 is 0 Å². The minimum absolute atomic E-state index is 0.371. The maximum absolute atomic E-state index is 10.5. The third-order valence-electron chi connectivity index (χ3n) is 5.90. The summed E-state index contributed by atoms with van der Waals surface area (Å²) >= 11 is 0. The van der Waals surface area contributed by atoms with Gasteiger partial charge in [0.15, 0.2) is 0 Å². The molecule has 2 aliphatic rings. The fraction of sp³-hybridized carbons (Fsp3) is 0.714. The van der Waals surface area contributed by atoms with E-state index in [-0.39, 0.29) is 0 Å². The molecule has 140 valence electrons. The van der Waals surface area contributed by atoms with Gasteiger partial charge in [-0.25, -0.2) is 0 Å². The van der Waals surface area contributed by atoms with Crippen LogP contribution in [0.4, 0.5) is 0 Å². The van der Waals surface area contributed by atoms with Gasteiger partial charge in [-0.1, -0.05) is 12.1 Å². The van der Waals surface area contributed by atoms with Crippen molar-refractivity contribution in [2.75, 3.05) is 39.3 Å². The summed E-state index contributed by atoms with van der Waals surface area (Å²) in [5.41, 5.74) is 3.56. The molecule has 2 unspecified atom stereocenters. The van der Waals surface area contributed by atoms with E-state index in [2.05, 4.69) is 42.7 Å². The van der Waals surface area contributed by atoms with Gasteiger partial charge in [-0.3, -0.25) is 9.80 Å². The molecule has 2 aliphatic heterocycles. The first-order valence-corrected chi connectivity index (χ1v) is 9.88. The van der Waals surface area contributed by atoms with Crippen LogP contribution in [0.2, 0.25) is 0 Å². The predicted octanol–water partition coefficient (Wildman–Crippen LogP) is 2.91. The molecule has 2 atom stereocenters. The van der Waals surface area contributed by atoms with E-state index in [1.54, 1.807) is 0 Å². The van der Waals surface area contributed by atoms with E-state index < -0.39 is 6.10 Å². The van der Waals surface area contributed by atoms with Crippen molar-refractivity contribution in [1.29, 1.82) is 0 Å². The molecule has 0 aromatic heterocycles. The maximum Gasteiger partial charge on any atom is 0.125 e. The summed E-state index contributed by atoms with van der Waals surface area (Å²) in [6.45, 7) is 12.1. The highest BCUT2D eigenvalue weighted by atomic mass is 16.5. The van der Waals surface area contributed by atoms with E-state index in [1.807, 2.05) is 0 Å². The highest BCUT2D eigenvalue weighted by molar-refractivity contribution is 5.44. The molecule has 25 heavy (non-hydrogen) atoms. The smallest absolute Gasteiger partial charge is 0.125 e. The minimum atomic E-state index is -0.434. The number of β-amino-alcohol motifs (C(OH)–C–C–N with tert-alkyl or cyclic N) is 1. The lowest BCUT2D eigenvalue weighted by Crippen LogP contribution is -2.49. The van der Waals surface area contributed by atoms with Crippen LogP contribution in [0.25, 0.3) is 0 Å². The Morgan fingerprint density at radius 3 is 2.56 bits per heavy atom. The van der Waals surface area contributed by atoms with Crippen LogP contribution in [0.1, 0.15) is 42.4 Å². The Bertz CT molecular complexity index is 569. The summed E-state index contributed by atoms with van der Waals surface area (Å²) in [5, 5.41) is 10.5. The van der Waals surface area contributed by atoms with Gasteiger partial charge in [0.25, 0.3) is 0 Å². The number of hydrogen-bond acceptors (Lipinski definition) is 4. The van der Waals surface area contributed by atoms with E-state index >= 15 is 0 Å². The van der Waals surface area contributed by atoms with Gasteiger partial charge in [-0.05, 0) is 82.8 Å². The van der Waals surface area contributed by atoms with Crippen LogP contribution in [0.15, 0.2) is 12.1 Å². The second-order valence-electron chi connectivity index (χ2n) is 7.92. The molecule has 4 nitrogen and oxygen atoms in total. The maximum atomic E-state index is 10.5. The Morgan fingerprint density at radius 2 is 1.80 bits per heavy atom. The Morgan fingerprint density at radius 1 is 1.08 bits per heavy atom. The molecule has 0 saturated carbocycles. The predicted molar refractivity (Wildman–Crippen MR) is 102 cm³/mol. The van der Waals surface area contributed by atoms with Crippen molar-refractivity contribution in [3.05, 3.63) is 28.8 Å². The topological polar surface area (TPSA) is 35.9 Å². The van der Waals surface area contributed by atoms with Crippen LogP contribution in [0, 0.1) is 20.8 Å². The molecular formula is C21H34N2O2. The summed E-state index contributed by atoms with van der Waals surface area (Å²) < 4.78 is 5.99. The molecule has 0 spiro atoms. The number of likely N-dealkylation sites (tertiary alicyclic amines) is 2. The summed E-state index contributed by atoms with van der Waals surface area (Å²) in [7, 11) is 0. The van der Waals surface area contributed by atoms with Crippen LogP contribution in [-0.2, 0) is 0 Å². The van der Waals surface area contributed by atoms with Crippen molar-refractivity contribution in [2.24, 2.45) is 0 Å². The summed E-state index contributed by atoms with van der Waals surface area (Å²) in [6.07, 6.45) is 4.82. The highest BCUT2D eigenvalue weighted by Gasteiger charge is 2.28. The van der Waals surface area contributed by atoms with Crippen molar-refractivity contribution in [2.45, 2.75) is 58.6 Å². The highest BCUT2D eigenvalue weighted by Crippen LogP contribution is 2.26. The SMILES string of the molecule is Cc1ccc(C)c(OCC(O)CN2CCCC(N3CCCC3)C2)c1C. The van der Waals surface area contributed by atoms with E-state index in [9.17, 15) is 5.11 Å². The third-order valence-corrected chi connectivity index (χ3v) is 5.90. The normalized spacial score (nSPS) is 23.8. The lowest BCUT2D eigenvalue weighted by molar-refractivity contribution is 0.0413. The average molecular weight is 347 g/mol. The first kappa shape index (κ1) is 18.7. The number of aryl methyl sites for hydroxylation is 2. The molecule has 0 amide bonds. The molecular weight excluding hydrogens is 312 g/mol. The molecule has 2 heterocycles. The Kier molecular flexibility index (Phi) is 6.37. The van der Waals surface area contributed by atoms with Crippen molar-refractivity contribution < 1.29 is 9.84 Å². The minimum Gasteiger partial charge on any atom is -0.490 e. The van der Waals surface area contributed by atoms with Gasteiger partial charge in [-0.15, -0.1) is 0 Å². The monoisotopic (exact) mass is 346 g/mol. The third kappa shape index (κ3) is 4.75. The molecule has 3 rings (SSSR count). The van der Waals surface area contributed by atoms with Gasteiger partial charge in [0, 0.05) is 19.1 Å². The van der Waals surface area contributed by atoms with Crippen molar-refractivity contribution in [1.82, 2.24) is 9.80 Å². The van der Waals surface area contributed by atoms with Crippen LogP contribution in [-0.4, -0.2) is 66.4 Å².